The lowest BCUT2D eigenvalue weighted by Crippen LogP contribution is -2.32. The molecule has 4 rings (SSSR count). The number of nitrogens with one attached hydrogen (secondary N) is 2. The Balaban J connectivity index is 1.66. The van der Waals surface area contributed by atoms with Gasteiger partial charge in [0, 0.05) is 43.5 Å². The summed E-state index contributed by atoms with van der Waals surface area (Å²) in [5, 5.41) is 6.26. The van der Waals surface area contributed by atoms with Gasteiger partial charge in [-0.3, -0.25) is 14.8 Å². The summed E-state index contributed by atoms with van der Waals surface area (Å²) in [6.07, 6.45) is 7.69. The van der Waals surface area contributed by atoms with Crippen LogP contribution in [0.15, 0.2) is 85.5 Å². The zero-order chi connectivity index (χ0) is 22.2. The monoisotopic (exact) mass is 424 g/mol. The van der Waals surface area contributed by atoms with Crippen LogP contribution in [0.1, 0.15) is 22.9 Å². The Hall–Kier alpha value is -4.13. The lowest BCUT2D eigenvalue weighted by molar-refractivity contribution is -0.121. The first-order chi connectivity index (χ1) is 15.7. The van der Waals surface area contributed by atoms with Gasteiger partial charge >= 0.3 is 0 Å². The molecule has 0 saturated carbocycles. The third kappa shape index (κ3) is 5.51. The van der Waals surface area contributed by atoms with E-state index >= 15 is 0 Å². The minimum absolute atomic E-state index is 0.0912. The third-order valence-electron chi connectivity index (χ3n) is 4.98. The van der Waals surface area contributed by atoms with Crippen LogP contribution in [0.25, 0.3) is 11.4 Å². The molecular weight excluding hydrogens is 400 g/mol. The van der Waals surface area contributed by atoms with Gasteiger partial charge in [0.15, 0.2) is 5.82 Å². The highest BCUT2D eigenvalue weighted by molar-refractivity contribution is 5.79. The molecule has 0 spiro atoms. The molecule has 32 heavy (non-hydrogen) atoms. The summed E-state index contributed by atoms with van der Waals surface area (Å²) in [4.78, 5) is 30.5. The van der Waals surface area contributed by atoms with Crippen LogP contribution in [0.3, 0.4) is 0 Å². The Morgan fingerprint density at radius 2 is 1.66 bits per heavy atom. The summed E-state index contributed by atoms with van der Waals surface area (Å²) in [7, 11) is 1.81. The van der Waals surface area contributed by atoms with Crippen molar-refractivity contribution in [3.63, 3.8) is 0 Å². The molecule has 3 aromatic heterocycles. The van der Waals surface area contributed by atoms with Crippen LogP contribution in [0.4, 0.5) is 5.82 Å². The first kappa shape index (κ1) is 21.1. The van der Waals surface area contributed by atoms with Crippen LogP contribution >= 0.6 is 0 Å². The quantitative estimate of drug-likeness (QED) is 0.449. The normalized spacial score (nSPS) is 11.5. The van der Waals surface area contributed by atoms with Crippen molar-refractivity contribution in [1.82, 2.24) is 25.3 Å². The summed E-state index contributed by atoms with van der Waals surface area (Å²) in [6, 6.07) is 19.1. The van der Waals surface area contributed by atoms with Crippen molar-refractivity contribution in [3.05, 3.63) is 102 Å². The SMILES string of the molecule is CNc1cc(C(Cc2ccccc2)NC(=O)Cc2cccnc2)nc(-c2cccnc2)n1. The molecule has 0 aliphatic rings. The lowest BCUT2D eigenvalue weighted by Gasteiger charge is -2.20. The number of carbonyl (C=O) groups excluding carboxylic acids is 1. The van der Waals surface area contributed by atoms with Crippen molar-refractivity contribution in [2.45, 2.75) is 18.9 Å². The van der Waals surface area contributed by atoms with E-state index in [0.717, 1.165) is 22.4 Å². The molecule has 1 unspecified atom stereocenters. The maximum absolute atomic E-state index is 12.9. The summed E-state index contributed by atoms with van der Waals surface area (Å²) >= 11 is 0. The molecule has 0 aliphatic heterocycles. The van der Waals surface area contributed by atoms with Gasteiger partial charge in [-0.15, -0.1) is 0 Å². The number of hydrogen-bond donors (Lipinski definition) is 2. The number of hydrogen-bond acceptors (Lipinski definition) is 6. The van der Waals surface area contributed by atoms with Gasteiger partial charge in [0.05, 0.1) is 18.2 Å². The number of amides is 1. The van der Waals surface area contributed by atoms with Crippen molar-refractivity contribution >= 4 is 11.7 Å². The fourth-order valence-electron chi connectivity index (χ4n) is 3.41. The minimum Gasteiger partial charge on any atom is -0.373 e. The van der Waals surface area contributed by atoms with E-state index < -0.39 is 0 Å². The highest BCUT2D eigenvalue weighted by Crippen LogP contribution is 2.23. The fourth-order valence-corrected chi connectivity index (χ4v) is 3.41. The second kappa shape index (κ2) is 10.3. The molecule has 7 heteroatoms. The van der Waals surface area contributed by atoms with Crippen LogP contribution in [-0.2, 0) is 17.6 Å². The topological polar surface area (TPSA) is 92.7 Å². The summed E-state index contributed by atoms with van der Waals surface area (Å²) in [6.45, 7) is 0. The number of pyridine rings is 2. The number of nitrogens with zero attached hydrogens (tertiary/aromatic N) is 4. The molecule has 160 valence electrons. The zero-order valence-corrected chi connectivity index (χ0v) is 17.8. The highest BCUT2D eigenvalue weighted by Gasteiger charge is 2.20. The van der Waals surface area contributed by atoms with Gasteiger partial charge in [-0.25, -0.2) is 9.97 Å². The molecule has 3 heterocycles. The Morgan fingerprint density at radius 3 is 2.34 bits per heavy atom. The third-order valence-corrected chi connectivity index (χ3v) is 4.98. The van der Waals surface area contributed by atoms with Crippen LogP contribution in [0.2, 0.25) is 0 Å². The van der Waals surface area contributed by atoms with Crippen molar-refractivity contribution < 1.29 is 4.79 Å². The summed E-state index contributed by atoms with van der Waals surface area (Å²) in [5.74, 6) is 1.14. The van der Waals surface area contributed by atoms with E-state index in [9.17, 15) is 4.79 Å². The lowest BCUT2D eigenvalue weighted by atomic mass is 10.0. The number of rotatable bonds is 8. The fraction of sp³-hybridized carbons (Fsp3) is 0.160. The van der Waals surface area contributed by atoms with E-state index in [-0.39, 0.29) is 18.4 Å². The van der Waals surface area contributed by atoms with Crippen LogP contribution in [0.5, 0.6) is 0 Å². The molecule has 7 nitrogen and oxygen atoms in total. The van der Waals surface area contributed by atoms with Gasteiger partial charge in [-0.2, -0.15) is 0 Å². The van der Waals surface area contributed by atoms with Gasteiger partial charge in [0.2, 0.25) is 5.91 Å². The Kier molecular flexibility index (Phi) is 6.77. The van der Waals surface area contributed by atoms with Gasteiger partial charge in [0.25, 0.3) is 0 Å². The van der Waals surface area contributed by atoms with Crippen LogP contribution < -0.4 is 10.6 Å². The highest BCUT2D eigenvalue weighted by atomic mass is 16.1. The smallest absolute Gasteiger partial charge is 0.225 e. The van der Waals surface area contributed by atoms with E-state index in [1.807, 2.05) is 67.7 Å². The van der Waals surface area contributed by atoms with Gasteiger partial charge in [-0.05, 0) is 35.7 Å². The van der Waals surface area contributed by atoms with Gasteiger partial charge in [-0.1, -0.05) is 36.4 Å². The number of benzene rings is 1. The van der Waals surface area contributed by atoms with Crippen LogP contribution in [-0.4, -0.2) is 32.9 Å². The average molecular weight is 425 g/mol. The number of carbonyl (C=O) groups is 1. The summed E-state index contributed by atoms with van der Waals surface area (Å²) in [5.41, 5.74) is 3.50. The zero-order valence-electron chi connectivity index (χ0n) is 17.8. The van der Waals surface area contributed by atoms with Gasteiger partial charge in [0.1, 0.15) is 5.82 Å². The molecule has 1 aromatic carbocycles. The second-order valence-corrected chi connectivity index (χ2v) is 7.34. The van der Waals surface area contributed by atoms with Crippen molar-refractivity contribution in [3.8, 4) is 11.4 Å². The van der Waals surface area contributed by atoms with E-state index in [0.29, 0.717) is 18.1 Å². The van der Waals surface area contributed by atoms with E-state index in [2.05, 4.69) is 25.6 Å². The van der Waals surface area contributed by atoms with Crippen molar-refractivity contribution in [2.75, 3.05) is 12.4 Å². The maximum atomic E-state index is 12.9. The van der Waals surface area contributed by atoms with E-state index in [1.165, 1.54) is 0 Å². The Morgan fingerprint density at radius 1 is 0.906 bits per heavy atom. The predicted octanol–water partition coefficient (Wildman–Crippen LogP) is 3.62. The first-order valence-electron chi connectivity index (χ1n) is 10.4. The Bertz CT molecular complexity index is 1150. The average Bonchev–Trinajstić information content (AvgIpc) is 2.85. The maximum Gasteiger partial charge on any atom is 0.225 e. The molecule has 2 N–H and O–H groups in total. The molecule has 1 atom stereocenters. The molecular formula is C25H24N6O. The van der Waals surface area contributed by atoms with Crippen LogP contribution in [0, 0.1) is 0 Å². The molecule has 0 saturated heterocycles. The van der Waals surface area contributed by atoms with Crippen molar-refractivity contribution in [2.24, 2.45) is 0 Å². The molecule has 0 radical (unpaired) electrons. The predicted molar refractivity (Wildman–Crippen MR) is 124 cm³/mol. The van der Waals surface area contributed by atoms with E-state index in [4.69, 9.17) is 4.98 Å². The Labute approximate surface area is 187 Å². The number of aromatic nitrogens is 4. The molecule has 0 bridgehead atoms. The standard InChI is InChI=1S/C25H24N6O/c1-26-23-15-22(30-25(31-23)20-10-6-12-28-17-20)21(13-18-7-3-2-4-8-18)29-24(32)14-19-9-5-11-27-16-19/h2-12,15-17,21H,13-14H2,1H3,(H,29,32)(H,26,30,31). The molecule has 1 amide bonds. The molecule has 0 fully saturated rings. The molecule has 4 aromatic rings. The second-order valence-electron chi connectivity index (χ2n) is 7.34. The largest absolute Gasteiger partial charge is 0.373 e. The van der Waals surface area contributed by atoms with Crippen molar-refractivity contribution in [1.29, 1.82) is 0 Å². The summed E-state index contributed by atoms with van der Waals surface area (Å²) < 4.78 is 0. The van der Waals surface area contributed by atoms with E-state index in [1.54, 1.807) is 24.8 Å². The number of anilines is 1. The van der Waals surface area contributed by atoms with Gasteiger partial charge < -0.3 is 10.6 Å². The first-order valence-corrected chi connectivity index (χ1v) is 10.4. The molecule has 0 aliphatic carbocycles. The minimum atomic E-state index is -0.327.